The number of anilines is 1. The number of aromatic nitrogens is 2. The van der Waals surface area contributed by atoms with Crippen LogP contribution in [-0.2, 0) is 16.0 Å². The molecular weight excluding hydrogens is 504 g/mol. The van der Waals surface area contributed by atoms with Crippen LogP contribution in [0.1, 0.15) is 24.8 Å². The summed E-state index contributed by atoms with van der Waals surface area (Å²) in [5, 5.41) is 9.61. The van der Waals surface area contributed by atoms with Gasteiger partial charge in [0.1, 0.15) is 5.75 Å². The largest absolute Gasteiger partial charge is 0.493 e. The number of morpholine rings is 1. The molecule has 2 aliphatic rings. The first-order chi connectivity index (χ1) is 18.5. The molecule has 0 unspecified atom stereocenters. The van der Waals surface area contributed by atoms with Crippen molar-refractivity contribution in [2.24, 2.45) is 0 Å². The van der Waals surface area contributed by atoms with Crippen LogP contribution in [0.25, 0.3) is 11.1 Å². The Morgan fingerprint density at radius 1 is 1.00 bits per heavy atom. The molecule has 3 heterocycles. The number of hydrogen-bond donors (Lipinski definition) is 1. The van der Waals surface area contributed by atoms with E-state index in [1.165, 1.54) is 0 Å². The fourth-order valence-electron chi connectivity index (χ4n) is 5.49. The van der Waals surface area contributed by atoms with E-state index in [1.807, 2.05) is 30.6 Å². The highest BCUT2D eigenvalue weighted by Gasteiger charge is 2.40. The van der Waals surface area contributed by atoms with E-state index < -0.39 is 5.97 Å². The summed E-state index contributed by atoms with van der Waals surface area (Å²) in [4.78, 5) is 25.3. The number of halogens is 1. The molecule has 5 rings (SSSR count). The lowest BCUT2D eigenvalue weighted by Gasteiger charge is -2.50. The topological polar surface area (TPSA) is 88.0 Å². The van der Waals surface area contributed by atoms with E-state index in [4.69, 9.17) is 26.2 Å². The van der Waals surface area contributed by atoms with E-state index in [1.54, 1.807) is 18.2 Å². The summed E-state index contributed by atoms with van der Waals surface area (Å²) in [7, 11) is 0. The van der Waals surface area contributed by atoms with Crippen molar-refractivity contribution in [2.75, 3.05) is 50.9 Å². The van der Waals surface area contributed by atoms with Crippen LogP contribution in [0.5, 0.6) is 5.75 Å². The molecule has 0 bridgehead atoms. The first kappa shape index (κ1) is 26.4. The van der Waals surface area contributed by atoms with Gasteiger partial charge in [-0.05, 0) is 48.6 Å². The minimum Gasteiger partial charge on any atom is -0.493 e. The number of nitrogens with zero attached hydrogens (tertiary/aromatic N) is 4. The summed E-state index contributed by atoms with van der Waals surface area (Å²) >= 11 is 6.22. The van der Waals surface area contributed by atoms with Crippen molar-refractivity contribution in [3.05, 3.63) is 71.5 Å². The molecule has 9 heteroatoms. The third-order valence-electron chi connectivity index (χ3n) is 7.53. The number of aliphatic carboxylic acids is 1. The number of ether oxygens (including phenoxy) is 2. The molecule has 0 amide bonds. The summed E-state index contributed by atoms with van der Waals surface area (Å²) in [5.74, 6) is 0.478. The van der Waals surface area contributed by atoms with Gasteiger partial charge in [0.15, 0.2) is 0 Å². The maximum atomic E-state index is 11.1. The van der Waals surface area contributed by atoms with Crippen LogP contribution in [0.15, 0.2) is 60.9 Å². The second kappa shape index (κ2) is 12.1. The third-order valence-corrected chi connectivity index (χ3v) is 7.75. The molecule has 8 nitrogen and oxygen atoms in total. The fourth-order valence-corrected chi connectivity index (χ4v) is 5.74. The van der Waals surface area contributed by atoms with Crippen molar-refractivity contribution in [3.63, 3.8) is 0 Å². The minimum absolute atomic E-state index is 0.00721. The fraction of sp³-hybridized carbons (Fsp3) is 0.414. The highest BCUT2D eigenvalue weighted by atomic mass is 35.5. The van der Waals surface area contributed by atoms with Crippen LogP contribution >= 0.6 is 11.6 Å². The number of carbonyl (C=O) groups is 1. The Labute approximate surface area is 228 Å². The lowest BCUT2D eigenvalue weighted by atomic mass is 9.82. The Kier molecular flexibility index (Phi) is 8.42. The molecular formula is C29H33ClN4O4. The molecule has 2 aromatic carbocycles. The Morgan fingerprint density at radius 2 is 1.71 bits per heavy atom. The molecule has 0 radical (unpaired) electrons. The van der Waals surface area contributed by atoms with E-state index >= 15 is 0 Å². The van der Waals surface area contributed by atoms with Gasteiger partial charge in [-0.25, -0.2) is 9.97 Å². The molecule has 2 aliphatic heterocycles. The van der Waals surface area contributed by atoms with Crippen molar-refractivity contribution < 1.29 is 19.4 Å². The quantitative estimate of drug-likeness (QED) is 0.426. The zero-order valence-electron chi connectivity index (χ0n) is 21.4. The molecule has 1 N–H and O–H groups in total. The first-order valence-corrected chi connectivity index (χ1v) is 13.5. The van der Waals surface area contributed by atoms with Gasteiger partial charge in [0.25, 0.3) is 0 Å². The summed E-state index contributed by atoms with van der Waals surface area (Å²) in [6.07, 6.45) is 6.52. The Morgan fingerprint density at radius 3 is 2.39 bits per heavy atom. The summed E-state index contributed by atoms with van der Waals surface area (Å²) in [6, 6.07) is 15.3. The van der Waals surface area contributed by atoms with Crippen LogP contribution < -0.4 is 9.64 Å². The Hall–Kier alpha value is -3.20. The number of carboxylic acid groups (broad SMARTS) is 1. The predicted octanol–water partition coefficient (Wildman–Crippen LogP) is 4.56. The molecule has 0 aliphatic carbocycles. The van der Waals surface area contributed by atoms with Crippen molar-refractivity contribution in [2.45, 2.75) is 31.2 Å². The normalized spacial score (nSPS) is 17.8. The Bertz CT molecular complexity index is 1210. The van der Waals surface area contributed by atoms with Gasteiger partial charge in [0, 0.05) is 54.7 Å². The van der Waals surface area contributed by atoms with E-state index in [-0.39, 0.29) is 12.0 Å². The summed E-state index contributed by atoms with van der Waals surface area (Å²) < 4.78 is 11.8. The highest BCUT2D eigenvalue weighted by Crippen LogP contribution is 2.35. The van der Waals surface area contributed by atoms with Gasteiger partial charge >= 0.3 is 5.97 Å². The highest BCUT2D eigenvalue weighted by molar-refractivity contribution is 6.30. The zero-order valence-corrected chi connectivity index (χ0v) is 22.1. The predicted molar refractivity (Wildman–Crippen MR) is 147 cm³/mol. The smallest absolute Gasteiger partial charge is 0.307 e. The molecule has 3 aromatic rings. The summed E-state index contributed by atoms with van der Waals surface area (Å²) in [6.45, 7) is 5.53. The van der Waals surface area contributed by atoms with Crippen molar-refractivity contribution >= 4 is 23.5 Å². The maximum Gasteiger partial charge on any atom is 0.307 e. The van der Waals surface area contributed by atoms with E-state index in [0.29, 0.717) is 22.9 Å². The van der Waals surface area contributed by atoms with Crippen LogP contribution in [0.3, 0.4) is 0 Å². The number of piperidine rings is 1. The van der Waals surface area contributed by atoms with Gasteiger partial charge in [-0.3, -0.25) is 9.69 Å². The number of carboxylic acids is 1. The second-order valence-electron chi connectivity index (χ2n) is 9.91. The van der Waals surface area contributed by atoms with Crippen LogP contribution in [0, 0.1) is 0 Å². The average Bonchev–Trinajstić information content (AvgIpc) is 2.94. The van der Waals surface area contributed by atoms with Crippen LogP contribution in [-0.4, -0.2) is 77.5 Å². The minimum atomic E-state index is -0.894. The maximum absolute atomic E-state index is 11.1. The molecule has 38 heavy (non-hydrogen) atoms. The molecule has 200 valence electrons. The molecule has 0 saturated carbocycles. The lowest BCUT2D eigenvalue weighted by molar-refractivity contribution is -0.136. The van der Waals surface area contributed by atoms with Gasteiger partial charge < -0.3 is 19.5 Å². The lowest BCUT2D eigenvalue weighted by Crippen LogP contribution is -2.59. The van der Waals surface area contributed by atoms with E-state index in [0.717, 1.165) is 75.7 Å². The first-order valence-electron chi connectivity index (χ1n) is 13.1. The van der Waals surface area contributed by atoms with E-state index in [2.05, 4.69) is 31.9 Å². The van der Waals surface area contributed by atoms with Crippen LogP contribution in [0.4, 0.5) is 5.95 Å². The molecule has 2 fully saturated rings. The third kappa shape index (κ3) is 6.43. The molecule has 2 saturated heterocycles. The molecule has 0 spiro atoms. The summed E-state index contributed by atoms with van der Waals surface area (Å²) in [5.41, 5.74) is 2.75. The molecule has 1 aromatic heterocycles. The van der Waals surface area contributed by atoms with Crippen molar-refractivity contribution in [1.29, 1.82) is 0 Å². The Balaban J connectivity index is 1.24. The van der Waals surface area contributed by atoms with Gasteiger partial charge in [-0.15, -0.1) is 0 Å². The zero-order chi connectivity index (χ0) is 26.4. The van der Waals surface area contributed by atoms with Gasteiger partial charge in [0.2, 0.25) is 5.95 Å². The number of benzene rings is 2. The standard InChI is InChI=1S/C29H33ClN4O4/c30-25-16-22(18-27(35)36)17-26(19-25)38-13-8-29(34-11-14-37-15-12-34)6-9-33(10-7-29)28-31-20-24(21-32-28)23-4-2-1-3-5-23/h1-5,16-17,19-21H,6-15,18H2,(H,35,36). The van der Waals surface area contributed by atoms with Gasteiger partial charge in [0.05, 0.1) is 26.2 Å². The SMILES string of the molecule is O=C(O)Cc1cc(Cl)cc(OCCC2(N3CCOCC3)CCN(c3ncc(-c4ccccc4)cn3)CC2)c1. The van der Waals surface area contributed by atoms with E-state index in [9.17, 15) is 4.79 Å². The van der Waals surface area contributed by atoms with Crippen molar-refractivity contribution in [1.82, 2.24) is 14.9 Å². The van der Waals surface area contributed by atoms with Gasteiger partial charge in [-0.1, -0.05) is 41.9 Å². The number of rotatable bonds is 9. The molecule has 0 atom stereocenters. The van der Waals surface area contributed by atoms with Gasteiger partial charge in [-0.2, -0.15) is 0 Å². The second-order valence-corrected chi connectivity index (χ2v) is 10.3. The average molecular weight is 537 g/mol. The van der Waals surface area contributed by atoms with Crippen molar-refractivity contribution in [3.8, 4) is 16.9 Å². The number of hydrogen-bond acceptors (Lipinski definition) is 7. The van der Waals surface area contributed by atoms with Crippen LogP contribution in [0.2, 0.25) is 5.02 Å². The monoisotopic (exact) mass is 536 g/mol.